The molecule has 0 fully saturated rings. The lowest BCUT2D eigenvalue weighted by molar-refractivity contribution is 0.459. The highest BCUT2D eigenvalue weighted by Gasteiger charge is 2.17. The second kappa shape index (κ2) is 7.47. The molecule has 126 valence electrons. The molecule has 4 rings (SSSR count). The first kappa shape index (κ1) is 17.1. The largest absolute Gasteiger partial charge is 0.356 e. The number of pyridine rings is 1. The number of para-hydroxylation sites is 1. The van der Waals surface area contributed by atoms with Crippen LogP contribution < -0.4 is 5.73 Å². The normalized spacial score (nSPS) is 11.9. The average Bonchev–Trinajstić information content (AvgIpc) is 3.06. The van der Waals surface area contributed by atoms with E-state index in [1.54, 1.807) is 6.20 Å². The number of halogens is 1. The molecular formula is C20H18ClN3O. The predicted octanol–water partition coefficient (Wildman–Crippen LogP) is 4.55. The van der Waals surface area contributed by atoms with Crippen molar-refractivity contribution in [3.05, 3.63) is 84.2 Å². The standard InChI is InChI=1S/C20H17N3O.ClH/c21-18(13-14-7-5-6-12-22-14)15-8-1-2-9-16(15)20-17-10-3-4-11-19(17)24-23-20;/h1-12,18H,13,21H2;1H. The van der Waals surface area contributed by atoms with Crippen LogP contribution in [0.15, 0.2) is 77.4 Å². The van der Waals surface area contributed by atoms with Gasteiger partial charge in [-0.15, -0.1) is 12.4 Å². The third-order valence-electron chi connectivity index (χ3n) is 4.15. The third-order valence-corrected chi connectivity index (χ3v) is 4.15. The molecule has 0 spiro atoms. The van der Waals surface area contributed by atoms with Gasteiger partial charge in [0.15, 0.2) is 5.58 Å². The molecule has 1 unspecified atom stereocenters. The fourth-order valence-electron chi connectivity index (χ4n) is 2.97. The SMILES string of the molecule is Cl.NC(Cc1ccccn1)c1ccccc1-c1noc2ccccc12. The fraction of sp³-hybridized carbons (Fsp3) is 0.100. The van der Waals surface area contributed by atoms with Gasteiger partial charge in [-0.2, -0.15) is 0 Å². The summed E-state index contributed by atoms with van der Waals surface area (Å²) in [5.41, 5.74) is 11.1. The van der Waals surface area contributed by atoms with Crippen LogP contribution in [-0.4, -0.2) is 10.1 Å². The summed E-state index contributed by atoms with van der Waals surface area (Å²) in [5.74, 6) is 0. The second-order valence-electron chi connectivity index (χ2n) is 5.75. The number of nitrogens with two attached hydrogens (primary N) is 1. The van der Waals surface area contributed by atoms with E-state index in [-0.39, 0.29) is 18.4 Å². The van der Waals surface area contributed by atoms with Crippen molar-refractivity contribution in [1.82, 2.24) is 10.1 Å². The molecule has 0 aliphatic carbocycles. The van der Waals surface area contributed by atoms with E-state index < -0.39 is 0 Å². The topological polar surface area (TPSA) is 64.9 Å². The van der Waals surface area contributed by atoms with Gasteiger partial charge in [-0.05, 0) is 29.8 Å². The monoisotopic (exact) mass is 351 g/mol. The molecule has 0 aliphatic heterocycles. The molecule has 2 heterocycles. The molecule has 2 aromatic carbocycles. The molecule has 0 bridgehead atoms. The lowest BCUT2D eigenvalue weighted by atomic mass is 9.94. The zero-order chi connectivity index (χ0) is 16.4. The number of nitrogens with zero attached hydrogens (tertiary/aromatic N) is 2. The van der Waals surface area contributed by atoms with Crippen molar-refractivity contribution in [1.29, 1.82) is 0 Å². The molecule has 0 aliphatic rings. The minimum atomic E-state index is -0.161. The van der Waals surface area contributed by atoms with Gasteiger partial charge in [0.05, 0.1) is 0 Å². The first-order valence-electron chi connectivity index (χ1n) is 7.92. The molecule has 1 atom stereocenters. The van der Waals surface area contributed by atoms with Crippen LogP contribution in [0.4, 0.5) is 0 Å². The highest BCUT2D eigenvalue weighted by atomic mass is 35.5. The summed E-state index contributed by atoms with van der Waals surface area (Å²) < 4.78 is 5.45. The average molecular weight is 352 g/mol. The van der Waals surface area contributed by atoms with Gasteiger partial charge in [0.1, 0.15) is 5.69 Å². The van der Waals surface area contributed by atoms with E-state index in [0.717, 1.165) is 33.5 Å². The van der Waals surface area contributed by atoms with Crippen LogP contribution >= 0.6 is 12.4 Å². The Hall–Kier alpha value is -2.69. The summed E-state index contributed by atoms with van der Waals surface area (Å²) in [4.78, 5) is 4.37. The highest BCUT2D eigenvalue weighted by Crippen LogP contribution is 2.33. The lowest BCUT2D eigenvalue weighted by Gasteiger charge is -2.15. The maximum atomic E-state index is 6.48. The highest BCUT2D eigenvalue weighted by molar-refractivity contribution is 5.92. The first-order chi connectivity index (χ1) is 11.8. The third kappa shape index (κ3) is 3.40. The van der Waals surface area contributed by atoms with Gasteiger partial charge in [-0.3, -0.25) is 4.98 Å². The van der Waals surface area contributed by atoms with Gasteiger partial charge >= 0.3 is 0 Å². The number of hydrogen-bond donors (Lipinski definition) is 1. The number of hydrogen-bond acceptors (Lipinski definition) is 4. The molecule has 5 heteroatoms. The Labute approximate surface area is 152 Å². The van der Waals surface area contributed by atoms with Crippen molar-refractivity contribution in [2.45, 2.75) is 12.5 Å². The van der Waals surface area contributed by atoms with E-state index >= 15 is 0 Å². The van der Waals surface area contributed by atoms with E-state index in [9.17, 15) is 0 Å². The number of fused-ring (bicyclic) bond motifs is 1. The van der Waals surface area contributed by atoms with E-state index in [1.165, 1.54) is 0 Å². The Morgan fingerprint density at radius 1 is 0.920 bits per heavy atom. The van der Waals surface area contributed by atoms with Crippen LogP contribution in [-0.2, 0) is 6.42 Å². The predicted molar refractivity (Wildman–Crippen MR) is 102 cm³/mol. The van der Waals surface area contributed by atoms with E-state index in [1.807, 2.05) is 66.7 Å². The van der Waals surface area contributed by atoms with Gasteiger partial charge in [0, 0.05) is 35.3 Å². The van der Waals surface area contributed by atoms with Gasteiger partial charge in [0.2, 0.25) is 0 Å². The Bertz CT molecular complexity index is 969. The smallest absolute Gasteiger partial charge is 0.167 e. The van der Waals surface area contributed by atoms with Crippen LogP contribution in [0.25, 0.3) is 22.2 Å². The van der Waals surface area contributed by atoms with Crippen molar-refractivity contribution in [3.8, 4) is 11.3 Å². The van der Waals surface area contributed by atoms with Gasteiger partial charge in [-0.1, -0.05) is 47.6 Å². The zero-order valence-corrected chi connectivity index (χ0v) is 14.3. The van der Waals surface area contributed by atoms with Crippen LogP contribution in [0.2, 0.25) is 0 Å². The van der Waals surface area contributed by atoms with Crippen molar-refractivity contribution < 1.29 is 4.52 Å². The van der Waals surface area contributed by atoms with Crippen LogP contribution in [0.3, 0.4) is 0 Å². The quantitative estimate of drug-likeness (QED) is 0.585. The van der Waals surface area contributed by atoms with Crippen LogP contribution in [0.5, 0.6) is 0 Å². The summed E-state index contributed by atoms with van der Waals surface area (Å²) in [6, 6.07) is 21.7. The van der Waals surface area contributed by atoms with Crippen molar-refractivity contribution >= 4 is 23.4 Å². The van der Waals surface area contributed by atoms with E-state index in [2.05, 4.69) is 10.1 Å². The number of benzene rings is 2. The Balaban J connectivity index is 0.00000182. The van der Waals surface area contributed by atoms with Crippen LogP contribution in [0, 0.1) is 0 Å². The summed E-state index contributed by atoms with van der Waals surface area (Å²) in [6.45, 7) is 0. The van der Waals surface area contributed by atoms with Crippen molar-refractivity contribution in [2.75, 3.05) is 0 Å². The zero-order valence-electron chi connectivity index (χ0n) is 13.5. The summed E-state index contributed by atoms with van der Waals surface area (Å²) in [7, 11) is 0. The molecule has 0 saturated carbocycles. The lowest BCUT2D eigenvalue weighted by Crippen LogP contribution is -2.15. The Morgan fingerprint density at radius 2 is 1.68 bits per heavy atom. The molecule has 0 amide bonds. The molecule has 4 aromatic rings. The molecule has 0 radical (unpaired) electrons. The molecule has 4 nitrogen and oxygen atoms in total. The Morgan fingerprint density at radius 3 is 2.52 bits per heavy atom. The Kier molecular flexibility index (Phi) is 5.12. The minimum Gasteiger partial charge on any atom is -0.356 e. The maximum Gasteiger partial charge on any atom is 0.167 e. The second-order valence-corrected chi connectivity index (χ2v) is 5.75. The summed E-state index contributed by atoms with van der Waals surface area (Å²) in [5, 5.41) is 5.26. The van der Waals surface area contributed by atoms with Crippen LogP contribution in [0.1, 0.15) is 17.3 Å². The van der Waals surface area contributed by atoms with Gasteiger partial charge in [-0.25, -0.2) is 0 Å². The van der Waals surface area contributed by atoms with Gasteiger partial charge < -0.3 is 10.3 Å². The van der Waals surface area contributed by atoms with E-state index in [0.29, 0.717) is 6.42 Å². The van der Waals surface area contributed by atoms with Crippen molar-refractivity contribution in [3.63, 3.8) is 0 Å². The van der Waals surface area contributed by atoms with E-state index in [4.69, 9.17) is 10.3 Å². The molecular weight excluding hydrogens is 334 g/mol. The number of aromatic nitrogens is 2. The first-order valence-corrected chi connectivity index (χ1v) is 7.92. The number of rotatable bonds is 4. The van der Waals surface area contributed by atoms with Gasteiger partial charge in [0.25, 0.3) is 0 Å². The molecule has 0 saturated heterocycles. The molecule has 25 heavy (non-hydrogen) atoms. The minimum absolute atomic E-state index is 0. The molecule has 2 N–H and O–H groups in total. The molecule has 2 aromatic heterocycles. The summed E-state index contributed by atoms with van der Waals surface area (Å²) in [6.07, 6.45) is 2.47. The van der Waals surface area contributed by atoms with Crippen molar-refractivity contribution in [2.24, 2.45) is 5.73 Å². The summed E-state index contributed by atoms with van der Waals surface area (Å²) >= 11 is 0. The maximum absolute atomic E-state index is 6.48. The fourth-order valence-corrected chi connectivity index (χ4v) is 2.97.